The van der Waals surface area contributed by atoms with E-state index in [1.807, 2.05) is 50.2 Å². The molecule has 0 aliphatic carbocycles. The van der Waals surface area contributed by atoms with Crippen LogP contribution in [0.2, 0.25) is 0 Å². The molecular weight excluding hydrogens is 348 g/mol. The Labute approximate surface area is 159 Å². The molecule has 0 saturated carbocycles. The first-order valence-corrected chi connectivity index (χ1v) is 9.22. The molecule has 0 amide bonds. The Morgan fingerprint density at radius 1 is 1.27 bits per heavy atom. The van der Waals surface area contributed by atoms with Gasteiger partial charge in [0.1, 0.15) is 0 Å². The van der Waals surface area contributed by atoms with E-state index in [2.05, 4.69) is 15.2 Å². The highest BCUT2D eigenvalue weighted by Gasteiger charge is 2.13. The molecule has 6 nitrogen and oxygen atoms in total. The first kappa shape index (κ1) is 20.4. The predicted molar refractivity (Wildman–Crippen MR) is 111 cm³/mol. The molecule has 1 aromatic heterocycles. The van der Waals surface area contributed by atoms with Crippen LogP contribution in [-0.2, 0) is 6.54 Å². The lowest BCUT2D eigenvalue weighted by molar-refractivity contribution is 0.245. The second-order valence-corrected chi connectivity index (χ2v) is 7.14. The Hall–Kier alpha value is -1.96. The molecule has 0 spiro atoms. The number of nitrogens with one attached hydrogen (secondary N) is 2. The van der Waals surface area contributed by atoms with Crippen LogP contribution in [0, 0.1) is 6.92 Å². The maximum Gasteiger partial charge on any atom is 0.253 e. The molecule has 7 heteroatoms. The summed E-state index contributed by atoms with van der Waals surface area (Å²) in [4.78, 5) is 19.3. The summed E-state index contributed by atoms with van der Waals surface area (Å²) in [5.74, 6) is 0. The highest BCUT2D eigenvalue weighted by molar-refractivity contribution is 7.80. The van der Waals surface area contributed by atoms with Gasteiger partial charge in [-0.3, -0.25) is 4.79 Å². The molecule has 0 unspecified atom stereocenters. The molecule has 0 radical (unpaired) electrons. The zero-order chi connectivity index (χ0) is 19.1. The lowest BCUT2D eigenvalue weighted by Gasteiger charge is -2.25. The minimum absolute atomic E-state index is 0.0236. The molecule has 0 bridgehead atoms. The highest BCUT2D eigenvalue weighted by Crippen LogP contribution is 2.14. The van der Waals surface area contributed by atoms with Gasteiger partial charge in [0.25, 0.3) is 5.56 Å². The van der Waals surface area contributed by atoms with Crippen LogP contribution in [0.1, 0.15) is 17.5 Å². The van der Waals surface area contributed by atoms with Crippen LogP contribution < -0.4 is 10.9 Å². The van der Waals surface area contributed by atoms with Crippen molar-refractivity contribution in [2.45, 2.75) is 19.9 Å². The van der Waals surface area contributed by atoms with Crippen LogP contribution >= 0.6 is 12.2 Å². The molecule has 1 aromatic carbocycles. The van der Waals surface area contributed by atoms with Crippen LogP contribution in [-0.4, -0.2) is 65.3 Å². The van der Waals surface area contributed by atoms with Crippen molar-refractivity contribution in [2.75, 3.05) is 40.3 Å². The van der Waals surface area contributed by atoms with E-state index in [0.717, 1.165) is 36.0 Å². The van der Waals surface area contributed by atoms with E-state index in [0.29, 0.717) is 23.8 Å². The van der Waals surface area contributed by atoms with Crippen LogP contribution in [0.15, 0.2) is 29.1 Å². The van der Waals surface area contributed by atoms with E-state index < -0.39 is 0 Å². The number of pyridine rings is 1. The summed E-state index contributed by atoms with van der Waals surface area (Å²) in [6, 6.07) is 7.88. The molecule has 0 aliphatic heterocycles. The van der Waals surface area contributed by atoms with E-state index in [1.165, 1.54) is 0 Å². The van der Waals surface area contributed by atoms with Crippen LogP contribution in [0.5, 0.6) is 0 Å². The average Bonchev–Trinajstić information content (AvgIpc) is 2.58. The second-order valence-electron chi connectivity index (χ2n) is 6.75. The number of aliphatic hydroxyl groups excluding tert-OH is 1. The number of hydrogen-bond acceptors (Lipinski definition) is 4. The fourth-order valence-electron chi connectivity index (χ4n) is 2.76. The lowest BCUT2D eigenvalue weighted by Crippen LogP contribution is -2.42. The van der Waals surface area contributed by atoms with E-state index in [9.17, 15) is 9.90 Å². The summed E-state index contributed by atoms with van der Waals surface area (Å²) in [7, 11) is 4.06. The van der Waals surface area contributed by atoms with Crippen molar-refractivity contribution in [3.8, 4) is 0 Å². The summed E-state index contributed by atoms with van der Waals surface area (Å²) < 4.78 is 0. The summed E-state index contributed by atoms with van der Waals surface area (Å²) >= 11 is 5.45. The number of aryl methyl sites for hydroxylation is 1. The van der Waals surface area contributed by atoms with Crippen molar-refractivity contribution in [3.05, 3.63) is 45.7 Å². The Morgan fingerprint density at radius 3 is 2.73 bits per heavy atom. The molecular formula is C19H28N4O2S. The normalized spacial score (nSPS) is 11.1. The van der Waals surface area contributed by atoms with Gasteiger partial charge in [-0.25, -0.2) is 0 Å². The number of fused-ring (bicyclic) bond motifs is 1. The summed E-state index contributed by atoms with van der Waals surface area (Å²) in [5, 5.41) is 14.1. The van der Waals surface area contributed by atoms with E-state index in [-0.39, 0.29) is 12.2 Å². The van der Waals surface area contributed by atoms with Crippen molar-refractivity contribution < 1.29 is 5.11 Å². The van der Waals surface area contributed by atoms with Crippen molar-refractivity contribution >= 4 is 28.2 Å². The number of rotatable bonds is 8. The van der Waals surface area contributed by atoms with Gasteiger partial charge in [0, 0.05) is 24.2 Å². The molecule has 0 fully saturated rings. The van der Waals surface area contributed by atoms with Gasteiger partial charge in [-0.1, -0.05) is 12.1 Å². The number of aromatic nitrogens is 1. The molecule has 2 aromatic rings. The maximum atomic E-state index is 12.4. The Morgan fingerprint density at radius 2 is 2.04 bits per heavy atom. The number of hydrogen-bond donors (Lipinski definition) is 3. The van der Waals surface area contributed by atoms with E-state index in [4.69, 9.17) is 12.2 Å². The third-order valence-electron chi connectivity index (χ3n) is 4.16. The van der Waals surface area contributed by atoms with Gasteiger partial charge in [0.2, 0.25) is 0 Å². The number of thiocarbonyl (C=S) groups is 1. The van der Waals surface area contributed by atoms with Gasteiger partial charge in [0.15, 0.2) is 5.11 Å². The SMILES string of the molecule is Cc1ccc2cc(CN(CCO)C(=S)NCCCN(C)C)c(=O)[nH]c2c1. The monoisotopic (exact) mass is 376 g/mol. The zero-order valence-corrected chi connectivity index (χ0v) is 16.5. The van der Waals surface area contributed by atoms with E-state index in [1.54, 1.807) is 0 Å². The van der Waals surface area contributed by atoms with Gasteiger partial charge in [-0.15, -0.1) is 0 Å². The van der Waals surface area contributed by atoms with Gasteiger partial charge in [-0.2, -0.15) is 0 Å². The quantitative estimate of drug-likeness (QED) is 0.479. The number of H-pyrrole nitrogens is 1. The highest BCUT2D eigenvalue weighted by atomic mass is 32.1. The van der Waals surface area contributed by atoms with Gasteiger partial charge in [0.05, 0.1) is 13.2 Å². The third-order valence-corrected chi connectivity index (χ3v) is 4.56. The fourth-order valence-corrected chi connectivity index (χ4v) is 3.02. The fraction of sp³-hybridized carbons (Fsp3) is 0.474. The smallest absolute Gasteiger partial charge is 0.253 e. The van der Waals surface area contributed by atoms with Crippen molar-refractivity contribution in [1.82, 2.24) is 20.1 Å². The lowest BCUT2D eigenvalue weighted by atomic mass is 10.1. The number of aliphatic hydroxyl groups is 1. The van der Waals surface area contributed by atoms with Crippen molar-refractivity contribution in [3.63, 3.8) is 0 Å². The zero-order valence-electron chi connectivity index (χ0n) is 15.7. The van der Waals surface area contributed by atoms with Gasteiger partial charge < -0.3 is 25.2 Å². The average molecular weight is 377 g/mol. The van der Waals surface area contributed by atoms with Crippen LogP contribution in [0.3, 0.4) is 0 Å². The molecule has 26 heavy (non-hydrogen) atoms. The van der Waals surface area contributed by atoms with Crippen LogP contribution in [0.4, 0.5) is 0 Å². The molecule has 3 N–H and O–H groups in total. The van der Waals surface area contributed by atoms with Gasteiger partial charge in [-0.05, 0) is 69.3 Å². The summed E-state index contributed by atoms with van der Waals surface area (Å²) in [6.45, 7) is 4.44. The third kappa shape index (κ3) is 5.79. The molecule has 0 saturated heterocycles. The van der Waals surface area contributed by atoms with Crippen LogP contribution in [0.25, 0.3) is 10.9 Å². The molecule has 0 atom stereocenters. The Bertz CT molecular complexity index is 804. The Kier molecular flexibility index (Phi) is 7.56. The second kappa shape index (κ2) is 9.66. The minimum atomic E-state index is -0.124. The van der Waals surface area contributed by atoms with Crippen molar-refractivity contribution in [1.29, 1.82) is 0 Å². The first-order chi connectivity index (χ1) is 12.4. The molecule has 142 valence electrons. The number of nitrogens with zero attached hydrogens (tertiary/aromatic N) is 2. The largest absolute Gasteiger partial charge is 0.395 e. The summed E-state index contributed by atoms with van der Waals surface area (Å²) in [6.07, 6.45) is 0.968. The first-order valence-electron chi connectivity index (χ1n) is 8.81. The maximum absolute atomic E-state index is 12.4. The number of benzene rings is 1. The summed E-state index contributed by atoms with van der Waals surface area (Å²) in [5.41, 5.74) is 2.44. The Balaban J connectivity index is 2.10. The molecule has 1 heterocycles. The predicted octanol–water partition coefficient (Wildman–Crippen LogP) is 1.46. The number of aromatic amines is 1. The van der Waals surface area contributed by atoms with Crippen molar-refractivity contribution in [2.24, 2.45) is 0 Å². The topological polar surface area (TPSA) is 71.6 Å². The molecule has 0 aliphatic rings. The molecule has 2 rings (SSSR count). The standard InChI is InChI=1S/C19H28N4O2S/c1-14-5-6-15-12-16(18(25)21-17(15)11-14)13-23(9-10-24)19(26)20-7-4-8-22(2)3/h5-6,11-12,24H,4,7-10,13H2,1-3H3,(H,20,26)(H,21,25). The van der Waals surface area contributed by atoms with Gasteiger partial charge >= 0.3 is 0 Å². The minimum Gasteiger partial charge on any atom is -0.395 e. The van der Waals surface area contributed by atoms with E-state index >= 15 is 0 Å².